The van der Waals surface area contributed by atoms with E-state index in [0.717, 1.165) is 82.6 Å². The van der Waals surface area contributed by atoms with Crippen molar-refractivity contribution < 1.29 is 52.1 Å². The molecule has 0 bridgehead atoms. The van der Waals surface area contributed by atoms with Crippen molar-refractivity contribution in [1.82, 2.24) is 9.97 Å². The first-order valence-electron chi connectivity index (χ1n) is 32.8. The number of Topliss-reactive ketones (excluding diaryl/α,β-unsaturated/α-hetero) is 3. The minimum Gasteiger partial charge on any atom is -0.481 e. The molecule has 14 nitrogen and oxygen atoms in total. The Morgan fingerprint density at radius 3 is 1.37 bits per heavy atom. The summed E-state index contributed by atoms with van der Waals surface area (Å²) in [7, 11) is 0. The van der Waals surface area contributed by atoms with Crippen molar-refractivity contribution in [2.45, 2.75) is 203 Å². The van der Waals surface area contributed by atoms with E-state index in [1.54, 1.807) is 36.4 Å². The number of carboxylic acids is 1. The molecule has 2 amide bonds. The summed E-state index contributed by atoms with van der Waals surface area (Å²) in [5, 5.41) is 16.8. The molecule has 0 radical (unpaired) electrons. The number of nitrogens with two attached hydrogens (primary N) is 1. The molecule has 4 aliphatic heterocycles. The summed E-state index contributed by atoms with van der Waals surface area (Å²) in [6.45, 7) is 9.79. The number of aliphatic carboxylic acids is 1. The second kappa shape index (κ2) is 26.4. The molecule has 4 aromatic rings. The van der Waals surface area contributed by atoms with Crippen LogP contribution in [0.15, 0.2) is 60.9 Å². The van der Waals surface area contributed by atoms with Gasteiger partial charge in [0.1, 0.15) is 18.0 Å². The number of nitrogens with one attached hydrogen (secondary N) is 2. The van der Waals surface area contributed by atoms with Crippen LogP contribution in [0, 0.1) is 62.9 Å². The molecule has 8 fully saturated rings. The molecule has 6 heterocycles. The first kappa shape index (κ1) is 68.7. The largest absolute Gasteiger partial charge is 0.481 e. The Labute approximate surface area is 563 Å². The highest BCUT2D eigenvalue weighted by Gasteiger charge is 2.74. The maximum absolute atomic E-state index is 16.1. The van der Waals surface area contributed by atoms with Crippen LogP contribution in [0.1, 0.15) is 197 Å². The number of anilines is 2. The van der Waals surface area contributed by atoms with E-state index in [2.05, 4.69) is 48.3 Å². The summed E-state index contributed by atoms with van der Waals surface area (Å²) in [6.07, 6.45) is 18.8. The van der Waals surface area contributed by atoms with Crippen molar-refractivity contribution in [2.75, 3.05) is 23.8 Å². The third-order valence-electron chi connectivity index (χ3n) is 23.2. The fourth-order valence-corrected chi connectivity index (χ4v) is 18.6. The number of aromatic nitrogens is 2. The van der Waals surface area contributed by atoms with Gasteiger partial charge in [0.2, 0.25) is 11.8 Å². The van der Waals surface area contributed by atoms with Crippen LogP contribution in [0.25, 0.3) is 0 Å². The molecule has 496 valence electrons. The number of benzene rings is 2. The zero-order valence-corrected chi connectivity index (χ0v) is 56.5. The molecule has 14 rings (SSSR count). The molecule has 92 heavy (non-hydrogen) atoms. The number of fused-ring (bicyclic) bond motifs is 6. The number of ketones is 3. The molecule has 6 saturated carbocycles. The van der Waals surface area contributed by atoms with Crippen molar-refractivity contribution in [3.05, 3.63) is 115 Å². The minimum absolute atomic E-state index is 0. The maximum Gasteiger partial charge on any atom is 0.307 e. The van der Waals surface area contributed by atoms with Gasteiger partial charge in [-0.15, -0.1) is 12.4 Å². The summed E-state index contributed by atoms with van der Waals surface area (Å²) in [6, 6.07) is 13.8. The summed E-state index contributed by atoms with van der Waals surface area (Å²) in [5.41, 5.74) is 5.27. The van der Waals surface area contributed by atoms with E-state index >= 15 is 8.78 Å². The highest BCUT2D eigenvalue weighted by molar-refractivity contribution is 6.32. The Morgan fingerprint density at radius 1 is 0.565 bits per heavy atom. The SMILES string of the molecule is CC1(C)CCC2(CC1)C[C@@H](C(=O)C[C@@H]1CC[C@@H](C(=O)CC3CC3)OC1)[C@H](c1ccnc(Cl)c1F)[C@]21C(=O)Nc2cc(Cl)ccc21.CC1(C)CCC2(CC1)C[C@@H](C(=O)O)[C@H](c1ccnc(Cl)c1F)C21C(=O)Nc2cc(Cl)ccc21.Cl.N[C@@H]1CC[C@@H](C(=O)CC2CC2)OC1. The monoisotopic (exact) mass is 1360 g/mol. The van der Waals surface area contributed by atoms with E-state index < -0.39 is 62.9 Å². The lowest BCUT2D eigenvalue weighted by Crippen LogP contribution is -2.52. The van der Waals surface area contributed by atoms with Gasteiger partial charge in [0.25, 0.3) is 0 Å². The van der Waals surface area contributed by atoms with E-state index in [1.807, 2.05) is 6.07 Å². The fourth-order valence-electron chi connectivity index (χ4n) is 17.9. The zero-order chi connectivity index (χ0) is 64.7. The molecule has 10 aliphatic rings. The van der Waals surface area contributed by atoms with Gasteiger partial charge in [0.05, 0.1) is 30.0 Å². The smallest absolute Gasteiger partial charge is 0.307 e. The fraction of sp³-hybridized carbons (Fsp3) is 0.606. The second-order valence-electron chi connectivity index (χ2n) is 30.0. The van der Waals surface area contributed by atoms with Gasteiger partial charge in [0, 0.05) is 76.9 Å². The molecule has 2 saturated heterocycles. The van der Waals surface area contributed by atoms with Crippen LogP contribution in [-0.4, -0.2) is 81.7 Å². The van der Waals surface area contributed by atoms with E-state index in [4.69, 9.17) is 61.6 Å². The Hall–Kier alpha value is -4.65. The van der Waals surface area contributed by atoms with Gasteiger partial charge in [-0.2, -0.15) is 0 Å². The van der Waals surface area contributed by atoms with Crippen LogP contribution in [0.5, 0.6) is 0 Å². The van der Waals surface area contributed by atoms with E-state index in [-0.39, 0.29) is 105 Å². The van der Waals surface area contributed by atoms with E-state index in [1.165, 1.54) is 31.3 Å². The minimum atomic E-state index is -1.25. The normalized spacial score (nSPS) is 30.9. The third kappa shape index (κ3) is 12.6. The van der Waals surface area contributed by atoms with Gasteiger partial charge in [0.15, 0.2) is 33.5 Å². The Balaban J connectivity index is 0.000000161. The summed E-state index contributed by atoms with van der Waals surface area (Å²) < 4.78 is 43.0. The number of carboxylic acid groups (broad SMARTS) is 1. The van der Waals surface area contributed by atoms with Crippen molar-refractivity contribution in [1.29, 1.82) is 0 Å². The van der Waals surface area contributed by atoms with Crippen molar-refractivity contribution in [3.8, 4) is 0 Å². The lowest BCUT2D eigenvalue weighted by molar-refractivity contribution is -0.142. The maximum atomic E-state index is 16.1. The number of ether oxygens (including phenoxy) is 2. The molecule has 2 aromatic heterocycles. The molecule has 6 aliphatic carbocycles. The predicted molar refractivity (Wildman–Crippen MR) is 352 cm³/mol. The van der Waals surface area contributed by atoms with Gasteiger partial charge in [-0.1, -0.05) is 86.2 Å². The van der Waals surface area contributed by atoms with Crippen molar-refractivity contribution in [2.24, 2.45) is 57.0 Å². The molecule has 1 unspecified atom stereocenters. The number of pyridine rings is 2. The average molecular weight is 1370 g/mol. The quantitative estimate of drug-likeness (QED) is 0.0974. The molecule has 4 spiro atoms. The lowest BCUT2D eigenvalue weighted by atomic mass is 9.51. The van der Waals surface area contributed by atoms with Crippen molar-refractivity contribution >= 4 is 105 Å². The molecular weight excluding hydrogens is 1280 g/mol. The van der Waals surface area contributed by atoms with Crippen molar-refractivity contribution in [3.63, 3.8) is 0 Å². The Morgan fingerprint density at radius 2 is 0.967 bits per heavy atom. The van der Waals surface area contributed by atoms with Gasteiger partial charge in [-0.05, 0) is 214 Å². The van der Waals surface area contributed by atoms with Gasteiger partial charge in [-0.3, -0.25) is 28.8 Å². The number of rotatable bonds is 12. The number of carbonyl (C=O) groups excluding carboxylic acids is 5. The lowest BCUT2D eigenvalue weighted by Gasteiger charge is -2.51. The summed E-state index contributed by atoms with van der Waals surface area (Å²) >= 11 is 24.9. The number of nitrogens with zero attached hydrogens (tertiary/aromatic N) is 2. The standard InChI is InChI=1S/C36H41Cl2FN2O4.C25H25Cl2FN2O3.C10H17NO2.ClH/c1-34(2)10-12-35(13-11-34)18-24(27(42)16-21-5-8-29(45-19-21)28(43)15-20-3-4-20)30(23-9-14-40-32(38)31(23)39)36(35)25-7-6-22(37)17-26(25)41-33(36)44;1-23(2)6-8-24(9-7-23)12-15(21(31)32)18(14-5-10-29-20(27)19(14)28)25(24)16-4-3-13(26)11-17(16)30-22(25)33;11-8-3-4-10(13-6-8)9(12)5-7-1-2-7;/h6-7,9,14,17,20-21,24,29-30H,3-5,8,10-13,15-16,18-19H2,1-2H3,(H,41,44);3-5,10-11,15,18H,6-9,12H2,1-2H3,(H,30,33)(H,31,32);7-8,10H,1-6,11H2;1H/t21-,24-,29-,30-,36+;15-,18+,25?;8-,10+;/m011./s1. The predicted octanol–water partition coefficient (Wildman–Crippen LogP) is 15.7. The highest BCUT2D eigenvalue weighted by Crippen LogP contribution is 2.74. The summed E-state index contributed by atoms with van der Waals surface area (Å²) in [5.74, 6) is -4.59. The van der Waals surface area contributed by atoms with E-state index in [9.17, 15) is 33.9 Å². The van der Waals surface area contributed by atoms with Gasteiger partial charge < -0.3 is 30.9 Å². The summed E-state index contributed by atoms with van der Waals surface area (Å²) in [4.78, 5) is 87.9. The van der Waals surface area contributed by atoms with Crippen LogP contribution in [0.4, 0.5) is 20.2 Å². The van der Waals surface area contributed by atoms with Crippen LogP contribution in [0.2, 0.25) is 20.4 Å². The van der Waals surface area contributed by atoms with Crippen LogP contribution in [-0.2, 0) is 49.1 Å². The molecule has 21 heteroatoms. The van der Waals surface area contributed by atoms with Crippen LogP contribution in [0.3, 0.4) is 0 Å². The number of amides is 2. The second-order valence-corrected chi connectivity index (χ2v) is 31.6. The molecule has 5 N–H and O–H groups in total. The Bertz CT molecular complexity index is 3530. The number of halogens is 7. The van der Waals surface area contributed by atoms with E-state index in [0.29, 0.717) is 89.9 Å². The van der Waals surface area contributed by atoms with Gasteiger partial charge in [-0.25, -0.2) is 18.7 Å². The highest BCUT2D eigenvalue weighted by atomic mass is 35.5. The molecular formula is C71H84Cl5F2N5O9. The first-order valence-corrected chi connectivity index (χ1v) is 34.4. The number of hydrogen-bond acceptors (Lipinski definition) is 11. The van der Waals surface area contributed by atoms with Crippen LogP contribution >= 0.6 is 58.8 Å². The van der Waals surface area contributed by atoms with Crippen LogP contribution < -0.4 is 16.4 Å². The number of carbonyl (C=O) groups is 6. The average Bonchev–Trinajstić information content (AvgIpc) is 1.51. The zero-order valence-electron chi connectivity index (χ0n) is 52.7. The third-order valence-corrected chi connectivity index (χ3v) is 24.2. The molecule has 2 aromatic carbocycles. The first-order chi connectivity index (χ1) is 43.2. The number of hydrogen-bond donors (Lipinski definition) is 4. The Kier molecular flexibility index (Phi) is 19.7. The topological polar surface area (TPSA) is 217 Å². The molecule has 10 atom stereocenters. The van der Waals surface area contributed by atoms with Gasteiger partial charge >= 0.3 is 5.97 Å².